The zero-order valence-electron chi connectivity index (χ0n) is 22.2. The van der Waals surface area contributed by atoms with Crippen molar-refractivity contribution in [3.8, 4) is 0 Å². The minimum atomic E-state index is 0.571. The molecule has 2 heteroatoms. The Morgan fingerprint density at radius 2 is 1.76 bits per heavy atom. The van der Waals surface area contributed by atoms with E-state index in [4.69, 9.17) is 4.42 Å². The number of fused-ring (bicyclic) bond motifs is 6. The molecule has 186 valence electrons. The third-order valence-corrected chi connectivity index (χ3v) is 8.95. The molecule has 0 fully saturated rings. The summed E-state index contributed by atoms with van der Waals surface area (Å²) < 4.78 is 8.82. The van der Waals surface area contributed by atoms with Crippen LogP contribution in [0.1, 0.15) is 69.0 Å². The van der Waals surface area contributed by atoms with Gasteiger partial charge >= 0.3 is 0 Å². The van der Waals surface area contributed by atoms with E-state index in [0.717, 1.165) is 43.4 Å². The number of aromatic nitrogens is 1. The van der Waals surface area contributed by atoms with Crippen molar-refractivity contribution in [2.75, 3.05) is 0 Å². The molecule has 0 aliphatic heterocycles. The van der Waals surface area contributed by atoms with Gasteiger partial charge in [0.1, 0.15) is 11.3 Å². The third kappa shape index (κ3) is 3.45. The lowest BCUT2D eigenvalue weighted by Crippen LogP contribution is -2.20. The predicted molar refractivity (Wildman–Crippen MR) is 156 cm³/mol. The lowest BCUT2D eigenvalue weighted by molar-refractivity contribution is 0.545. The van der Waals surface area contributed by atoms with Crippen LogP contribution in [0.3, 0.4) is 0 Å². The van der Waals surface area contributed by atoms with Crippen LogP contribution in [0.5, 0.6) is 0 Å². The molecule has 2 heterocycles. The minimum absolute atomic E-state index is 0.571. The predicted octanol–water partition coefficient (Wildman–Crippen LogP) is 9.60. The highest BCUT2D eigenvalue weighted by atomic mass is 16.3. The lowest BCUT2D eigenvalue weighted by Gasteiger charge is -2.32. The highest BCUT2D eigenvalue weighted by Crippen LogP contribution is 2.46. The molecule has 0 amide bonds. The third-order valence-electron chi connectivity index (χ3n) is 8.95. The van der Waals surface area contributed by atoms with E-state index in [1.807, 2.05) is 0 Å². The Bertz CT molecular complexity index is 1660. The molecule has 0 saturated heterocycles. The Kier molecular flexibility index (Phi) is 5.39. The summed E-state index contributed by atoms with van der Waals surface area (Å²) in [6, 6.07) is 17.5. The molecule has 37 heavy (non-hydrogen) atoms. The first kappa shape index (κ1) is 22.7. The Hall–Kier alpha value is -3.52. The Balaban J connectivity index is 1.48. The van der Waals surface area contributed by atoms with E-state index < -0.39 is 0 Å². The van der Waals surface area contributed by atoms with Crippen LogP contribution in [-0.2, 0) is 12.8 Å². The van der Waals surface area contributed by atoms with Gasteiger partial charge in [-0.2, -0.15) is 0 Å². The number of para-hydroxylation sites is 2. The number of hydrogen-bond donors (Lipinski definition) is 0. The summed E-state index contributed by atoms with van der Waals surface area (Å²) in [5, 5.41) is 2.64. The maximum atomic E-state index is 6.24. The summed E-state index contributed by atoms with van der Waals surface area (Å²) >= 11 is 0. The van der Waals surface area contributed by atoms with Crippen molar-refractivity contribution in [2.45, 2.75) is 59.3 Å². The van der Waals surface area contributed by atoms with E-state index >= 15 is 0 Å². The fourth-order valence-corrected chi connectivity index (χ4v) is 7.12. The van der Waals surface area contributed by atoms with Gasteiger partial charge in [-0.3, -0.25) is 0 Å². The van der Waals surface area contributed by atoms with Gasteiger partial charge in [0.25, 0.3) is 0 Å². The molecule has 0 radical (unpaired) electrons. The molecule has 3 aliphatic rings. The van der Waals surface area contributed by atoms with Gasteiger partial charge in [-0.05, 0) is 90.5 Å². The first-order valence-electron chi connectivity index (χ1n) is 14.1. The van der Waals surface area contributed by atoms with Crippen LogP contribution in [0.25, 0.3) is 39.7 Å². The number of aryl methyl sites for hydroxylation is 1. The molecule has 4 aromatic rings. The van der Waals surface area contributed by atoms with Crippen LogP contribution in [0.2, 0.25) is 0 Å². The van der Waals surface area contributed by atoms with Crippen molar-refractivity contribution in [1.29, 1.82) is 0 Å². The summed E-state index contributed by atoms with van der Waals surface area (Å²) in [7, 11) is 0. The number of allylic oxidation sites excluding steroid dienone is 6. The summed E-state index contributed by atoms with van der Waals surface area (Å²) in [5.74, 6) is 2.27. The maximum Gasteiger partial charge on any atom is 0.134 e. The highest BCUT2D eigenvalue weighted by molar-refractivity contribution is 5.98. The highest BCUT2D eigenvalue weighted by Gasteiger charge is 2.32. The fraction of sp³-hybridized carbons (Fsp3) is 0.314. The van der Waals surface area contributed by atoms with E-state index in [0.29, 0.717) is 11.8 Å². The van der Waals surface area contributed by atoms with Crippen molar-refractivity contribution in [3.63, 3.8) is 0 Å². The summed E-state index contributed by atoms with van der Waals surface area (Å²) in [6.45, 7) is 7.10. The molecule has 0 bridgehead atoms. The minimum Gasteiger partial charge on any atom is -0.460 e. The molecule has 7 rings (SSSR count). The number of hydrogen-bond acceptors (Lipinski definition) is 1. The number of furan rings is 1. The standard InChI is InChI=1S/C35H35NO/c1-4-23-12-10-11-22(3)35(23)28-21-32-29(19-24(28)5-2)26-13-6-8-15-31(26)36(32)25-17-18-34-30(20-25)27-14-7-9-16-33(27)37-34/h6-10,12-16,20-22,24H,4-5,11,17-19H2,1-3H3. The summed E-state index contributed by atoms with van der Waals surface area (Å²) in [6.07, 6.45) is 16.2. The Labute approximate surface area is 219 Å². The molecule has 2 unspecified atom stereocenters. The molecule has 0 spiro atoms. The van der Waals surface area contributed by atoms with E-state index in [-0.39, 0.29) is 0 Å². The van der Waals surface area contributed by atoms with Gasteiger partial charge in [0.2, 0.25) is 0 Å². The van der Waals surface area contributed by atoms with Crippen LogP contribution < -0.4 is 0 Å². The molecule has 2 aromatic heterocycles. The average molecular weight is 486 g/mol. The average Bonchev–Trinajstić information content (AvgIpc) is 3.47. The van der Waals surface area contributed by atoms with Gasteiger partial charge in [0.05, 0.1) is 11.2 Å². The smallest absolute Gasteiger partial charge is 0.134 e. The zero-order chi connectivity index (χ0) is 25.1. The largest absolute Gasteiger partial charge is 0.460 e. The van der Waals surface area contributed by atoms with Crippen LogP contribution in [0.4, 0.5) is 0 Å². The topological polar surface area (TPSA) is 18.1 Å². The SMILES string of the molecule is CCC1=C(C2=Cc3c(c4ccccc4n3C3=Cc4c(oc5ccccc45)CC3)CC2CC)C(C)CC=C1. The van der Waals surface area contributed by atoms with E-state index in [9.17, 15) is 0 Å². The van der Waals surface area contributed by atoms with Gasteiger partial charge in [-0.25, -0.2) is 0 Å². The normalized spacial score (nSPS) is 21.3. The molecule has 3 aliphatic carbocycles. The van der Waals surface area contributed by atoms with Gasteiger partial charge in [0, 0.05) is 28.5 Å². The number of benzene rings is 2. The van der Waals surface area contributed by atoms with E-state index in [1.54, 1.807) is 11.1 Å². The van der Waals surface area contributed by atoms with Crippen LogP contribution >= 0.6 is 0 Å². The van der Waals surface area contributed by atoms with Crippen LogP contribution in [0, 0.1) is 11.8 Å². The van der Waals surface area contributed by atoms with E-state index in [1.165, 1.54) is 50.8 Å². The number of rotatable bonds is 4. The van der Waals surface area contributed by atoms with Gasteiger partial charge in [0.15, 0.2) is 0 Å². The van der Waals surface area contributed by atoms with E-state index in [2.05, 4.69) is 98.2 Å². The van der Waals surface area contributed by atoms with Crippen molar-refractivity contribution in [1.82, 2.24) is 4.57 Å². The summed E-state index contributed by atoms with van der Waals surface area (Å²) in [5.41, 5.74) is 12.6. The van der Waals surface area contributed by atoms with Crippen molar-refractivity contribution in [2.24, 2.45) is 11.8 Å². The van der Waals surface area contributed by atoms with Crippen molar-refractivity contribution >= 4 is 39.7 Å². The first-order chi connectivity index (χ1) is 18.2. The second-order valence-corrected chi connectivity index (χ2v) is 11.0. The Morgan fingerprint density at radius 3 is 2.59 bits per heavy atom. The molecule has 0 saturated carbocycles. The second-order valence-electron chi connectivity index (χ2n) is 11.0. The quantitative estimate of drug-likeness (QED) is 0.281. The molecule has 2 aromatic carbocycles. The van der Waals surface area contributed by atoms with Gasteiger partial charge in [-0.15, -0.1) is 0 Å². The molecule has 0 N–H and O–H groups in total. The first-order valence-corrected chi connectivity index (χ1v) is 14.1. The van der Waals surface area contributed by atoms with Crippen LogP contribution in [0.15, 0.2) is 81.8 Å². The zero-order valence-corrected chi connectivity index (χ0v) is 22.2. The van der Waals surface area contributed by atoms with Crippen molar-refractivity contribution in [3.05, 3.63) is 100.0 Å². The lowest BCUT2D eigenvalue weighted by atomic mass is 9.73. The van der Waals surface area contributed by atoms with Crippen LogP contribution in [-0.4, -0.2) is 4.57 Å². The molecular formula is C35H35NO. The Morgan fingerprint density at radius 1 is 0.946 bits per heavy atom. The summed E-state index contributed by atoms with van der Waals surface area (Å²) in [4.78, 5) is 0. The fourth-order valence-electron chi connectivity index (χ4n) is 7.12. The molecule has 2 nitrogen and oxygen atoms in total. The maximum absolute atomic E-state index is 6.24. The second kappa shape index (κ2) is 8.80. The number of nitrogens with zero attached hydrogens (tertiary/aromatic N) is 1. The molecular weight excluding hydrogens is 450 g/mol. The monoisotopic (exact) mass is 485 g/mol. The van der Waals surface area contributed by atoms with Gasteiger partial charge in [-0.1, -0.05) is 69.3 Å². The van der Waals surface area contributed by atoms with Gasteiger partial charge < -0.3 is 8.98 Å². The van der Waals surface area contributed by atoms with Crippen molar-refractivity contribution < 1.29 is 4.42 Å². The molecule has 2 atom stereocenters.